The van der Waals surface area contributed by atoms with Gasteiger partial charge in [0.2, 0.25) is 0 Å². The van der Waals surface area contributed by atoms with Gasteiger partial charge in [-0.25, -0.2) is 0 Å². The van der Waals surface area contributed by atoms with Crippen molar-refractivity contribution < 1.29 is 9.90 Å². The zero-order valence-electron chi connectivity index (χ0n) is 8.36. The van der Waals surface area contributed by atoms with Crippen LogP contribution in [0.1, 0.15) is 31.1 Å². The first-order chi connectivity index (χ1) is 6.41. The zero-order chi connectivity index (χ0) is 10.8. The smallest absolute Gasteiger partial charge is 0.304 e. The molecular formula is C10H15NO2S. The van der Waals surface area contributed by atoms with E-state index in [1.165, 1.54) is 0 Å². The van der Waals surface area contributed by atoms with E-state index in [9.17, 15) is 4.79 Å². The maximum Gasteiger partial charge on any atom is 0.304 e. The van der Waals surface area contributed by atoms with E-state index in [0.29, 0.717) is 0 Å². The molecule has 1 rings (SSSR count). The van der Waals surface area contributed by atoms with Crippen molar-refractivity contribution in [3.63, 3.8) is 0 Å². The van der Waals surface area contributed by atoms with Gasteiger partial charge in [-0.3, -0.25) is 4.79 Å². The summed E-state index contributed by atoms with van der Waals surface area (Å²) in [6.45, 7) is 3.72. The topological polar surface area (TPSA) is 63.3 Å². The van der Waals surface area contributed by atoms with Gasteiger partial charge in [0.15, 0.2) is 0 Å². The molecule has 1 aromatic heterocycles. The third-order valence-corrected chi connectivity index (χ3v) is 3.15. The van der Waals surface area contributed by atoms with Gasteiger partial charge in [-0.1, -0.05) is 6.07 Å². The van der Waals surface area contributed by atoms with Gasteiger partial charge in [0.1, 0.15) is 0 Å². The fourth-order valence-corrected chi connectivity index (χ4v) is 2.42. The molecule has 1 unspecified atom stereocenters. The van der Waals surface area contributed by atoms with Crippen LogP contribution in [0, 0.1) is 0 Å². The molecule has 1 heterocycles. The fraction of sp³-hybridized carbons (Fsp3) is 0.500. The first kappa shape index (κ1) is 11.2. The third kappa shape index (κ3) is 2.82. The lowest BCUT2D eigenvalue weighted by atomic mass is 9.85. The Morgan fingerprint density at radius 1 is 1.71 bits per heavy atom. The number of thiophene rings is 1. The highest BCUT2D eigenvalue weighted by Gasteiger charge is 2.29. The molecule has 3 nitrogen and oxygen atoms in total. The minimum Gasteiger partial charge on any atom is -0.481 e. The summed E-state index contributed by atoms with van der Waals surface area (Å²) in [7, 11) is 0. The van der Waals surface area contributed by atoms with E-state index < -0.39 is 11.5 Å². The highest BCUT2D eigenvalue weighted by Crippen LogP contribution is 2.32. The molecule has 0 saturated heterocycles. The summed E-state index contributed by atoms with van der Waals surface area (Å²) in [6, 6.07) is 3.85. The SMILES string of the molecule is CC(C)(N)C(CC(=O)O)c1cccs1. The van der Waals surface area contributed by atoms with E-state index in [1.807, 2.05) is 31.4 Å². The Labute approximate surface area is 87.6 Å². The molecule has 0 bridgehead atoms. The summed E-state index contributed by atoms with van der Waals surface area (Å²) < 4.78 is 0. The maximum absolute atomic E-state index is 10.7. The van der Waals surface area contributed by atoms with Crippen LogP contribution >= 0.6 is 11.3 Å². The van der Waals surface area contributed by atoms with E-state index >= 15 is 0 Å². The van der Waals surface area contributed by atoms with E-state index in [4.69, 9.17) is 10.8 Å². The Kier molecular flexibility index (Phi) is 3.29. The molecule has 0 spiro atoms. The van der Waals surface area contributed by atoms with Gasteiger partial charge < -0.3 is 10.8 Å². The first-order valence-electron chi connectivity index (χ1n) is 4.45. The standard InChI is InChI=1S/C10H15NO2S/c1-10(2,11)7(6-9(12)13)8-4-3-5-14-8/h3-5,7H,6,11H2,1-2H3,(H,12,13). The van der Waals surface area contributed by atoms with Gasteiger partial charge in [0, 0.05) is 16.3 Å². The van der Waals surface area contributed by atoms with Crippen molar-refractivity contribution in [2.45, 2.75) is 31.7 Å². The molecule has 3 N–H and O–H groups in total. The quantitative estimate of drug-likeness (QED) is 0.804. The van der Waals surface area contributed by atoms with Gasteiger partial charge in [-0.2, -0.15) is 0 Å². The number of hydrogen-bond acceptors (Lipinski definition) is 3. The van der Waals surface area contributed by atoms with Crippen LogP contribution in [-0.2, 0) is 4.79 Å². The fourth-order valence-electron chi connectivity index (χ4n) is 1.39. The Balaban J connectivity index is 2.89. The van der Waals surface area contributed by atoms with Crippen molar-refractivity contribution in [2.24, 2.45) is 5.73 Å². The molecule has 0 radical (unpaired) electrons. The van der Waals surface area contributed by atoms with Crippen molar-refractivity contribution in [3.8, 4) is 0 Å². The molecule has 0 amide bonds. The lowest BCUT2D eigenvalue weighted by molar-refractivity contribution is -0.137. The molecule has 0 fully saturated rings. The Morgan fingerprint density at radius 2 is 2.36 bits per heavy atom. The molecule has 78 valence electrons. The van der Waals surface area contributed by atoms with E-state index in [-0.39, 0.29) is 12.3 Å². The molecule has 0 aliphatic heterocycles. The summed E-state index contributed by atoms with van der Waals surface area (Å²) in [5.41, 5.74) is 5.47. The average molecular weight is 213 g/mol. The molecule has 0 saturated carbocycles. The van der Waals surface area contributed by atoms with Crippen molar-refractivity contribution >= 4 is 17.3 Å². The predicted molar refractivity (Wildman–Crippen MR) is 57.6 cm³/mol. The molecule has 14 heavy (non-hydrogen) atoms. The van der Waals surface area contributed by atoms with Gasteiger partial charge in [0.05, 0.1) is 6.42 Å². The largest absolute Gasteiger partial charge is 0.481 e. The summed E-state index contributed by atoms with van der Waals surface area (Å²) >= 11 is 1.56. The van der Waals surface area contributed by atoms with Gasteiger partial charge in [0.25, 0.3) is 0 Å². The van der Waals surface area contributed by atoms with Gasteiger partial charge in [-0.05, 0) is 25.3 Å². The third-order valence-electron chi connectivity index (χ3n) is 2.16. The molecular weight excluding hydrogens is 198 g/mol. The number of carbonyl (C=O) groups is 1. The predicted octanol–water partition coefficient (Wildman–Crippen LogP) is 2.04. The molecule has 4 heteroatoms. The lowest BCUT2D eigenvalue weighted by Gasteiger charge is -2.28. The van der Waals surface area contributed by atoms with E-state index in [0.717, 1.165) is 4.88 Å². The zero-order valence-corrected chi connectivity index (χ0v) is 9.17. The second-order valence-corrected chi connectivity index (χ2v) is 4.97. The first-order valence-corrected chi connectivity index (χ1v) is 5.33. The summed E-state index contributed by atoms with van der Waals surface area (Å²) in [4.78, 5) is 11.7. The Bertz CT molecular complexity index is 300. The normalized spacial score (nSPS) is 13.9. The molecule has 0 aliphatic carbocycles. The van der Waals surface area contributed by atoms with Crippen LogP contribution in [0.3, 0.4) is 0 Å². The molecule has 0 aliphatic rings. The second kappa shape index (κ2) is 4.11. The van der Waals surface area contributed by atoms with Crippen molar-refractivity contribution in [3.05, 3.63) is 22.4 Å². The van der Waals surface area contributed by atoms with Crippen molar-refractivity contribution in [1.29, 1.82) is 0 Å². The highest BCUT2D eigenvalue weighted by atomic mass is 32.1. The van der Waals surface area contributed by atoms with Crippen LogP contribution < -0.4 is 5.73 Å². The molecule has 1 aromatic rings. The summed E-state index contributed by atoms with van der Waals surface area (Å²) in [5, 5.41) is 10.7. The van der Waals surface area contributed by atoms with Crippen LogP contribution in [0.4, 0.5) is 0 Å². The Morgan fingerprint density at radius 3 is 2.71 bits per heavy atom. The number of carboxylic acid groups (broad SMARTS) is 1. The van der Waals surface area contributed by atoms with Gasteiger partial charge >= 0.3 is 5.97 Å². The number of rotatable bonds is 4. The van der Waals surface area contributed by atoms with Gasteiger partial charge in [-0.15, -0.1) is 11.3 Å². The summed E-state index contributed by atoms with van der Waals surface area (Å²) in [6.07, 6.45) is 0.0873. The number of aliphatic carboxylic acids is 1. The number of hydrogen-bond donors (Lipinski definition) is 2. The molecule has 1 atom stereocenters. The van der Waals surface area contributed by atoms with E-state index in [2.05, 4.69) is 0 Å². The molecule has 0 aromatic carbocycles. The van der Waals surface area contributed by atoms with Crippen LogP contribution in [0.15, 0.2) is 17.5 Å². The van der Waals surface area contributed by atoms with Crippen LogP contribution in [0.2, 0.25) is 0 Å². The number of carboxylic acids is 1. The van der Waals surface area contributed by atoms with Crippen LogP contribution in [0.25, 0.3) is 0 Å². The lowest BCUT2D eigenvalue weighted by Crippen LogP contribution is -2.40. The maximum atomic E-state index is 10.7. The van der Waals surface area contributed by atoms with Crippen LogP contribution in [-0.4, -0.2) is 16.6 Å². The Hall–Kier alpha value is -0.870. The van der Waals surface area contributed by atoms with Crippen molar-refractivity contribution in [2.75, 3.05) is 0 Å². The highest BCUT2D eigenvalue weighted by molar-refractivity contribution is 7.10. The van der Waals surface area contributed by atoms with E-state index in [1.54, 1.807) is 11.3 Å². The minimum absolute atomic E-state index is 0.0873. The average Bonchev–Trinajstić information content (AvgIpc) is 2.49. The van der Waals surface area contributed by atoms with Crippen molar-refractivity contribution in [1.82, 2.24) is 0 Å². The second-order valence-electron chi connectivity index (χ2n) is 3.99. The monoisotopic (exact) mass is 213 g/mol. The minimum atomic E-state index is -0.804. The summed E-state index contributed by atoms with van der Waals surface area (Å²) in [5.74, 6) is -0.915. The van der Waals surface area contributed by atoms with Crippen LogP contribution in [0.5, 0.6) is 0 Å². The number of nitrogens with two attached hydrogens (primary N) is 1.